The van der Waals surface area contributed by atoms with Crippen LogP contribution in [0.2, 0.25) is 0 Å². The fraction of sp³-hybridized carbons (Fsp3) is 0.200. The largest absolute Gasteiger partial charge is 0.454 e. The Kier molecular flexibility index (Phi) is 4.42. The van der Waals surface area contributed by atoms with Gasteiger partial charge < -0.3 is 14.8 Å². The Morgan fingerprint density at radius 3 is 2.85 bits per heavy atom. The first-order valence-electron chi connectivity index (χ1n) is 8.29. The van der Waals surface area contributed by atoms with Crippen LogP contribution in [-0.2, 0) is 4.79 Å². The van der Waals surface area contributed by atoms with Gasteiger partial charge in [0.2, 0.25) is 12.7 Å². The molecule has 2 aromatic carbocycles. The zero-order valence-electron chi connectivity index (χ0n) is 14.5. The first-order valence-corrected chi connectivity index (χ1v) is 9.28. The summed E-state index contributed by atoms with van der Waals surface area (Å²) < 4.78 is 10.6. The van der Waals surface area contributed by atoms with Crippen molar-refractivity contribution in [1.29, 1.82) is 0 Å². The maximum absolute atomic E-state index is 12.3. The number of thioether (sulfide) groups is 1. The first-order chi connectivity index (χ1) is 12.6. The van der Waals surface area contributed by atoms with Crippen LogP contribution in [0.4, 0.5) is 5.69 Å². The lowest BCUT2D eigenvalue weighted by Gasteiger charge is -2.09. The molecule has 1 aliphatic rings. The minimum absolute atomic E-state index is 0.0850. The van der Waals surface area contributed by atoms with Crippen LogP contribution in [0.3, 0.4) is 0 Å². The van der Waals surface area contributed by atoms with Crippen molar-refractivity contribution in [3.63, 3.8) is 0 Å². The highest BCUT2D eigenvalue weighted by molar-refractivity contribution is 7.99. The molecule has 5 nitrogen and oxygen atoms in total. The number of anilines is 1. The Bertz CT molecular complexity index is 1000. The van der Waals surface area contributed by atoms with Gasteiger partial charge in [0.25, 0.3) is 0 Å². The van der Waals surface area contributed by atoms with Gasteiger partial charge in [-0.25, -0.2) is 4.98 Å². The summed E-state index contributed by atoms with van der Waals surface area (Å²) in [6, 6.07) is 13.6. The monoisotopic (exact) mass is 366 g/mol. The lowest BCUT2D eigenvalue weighted by molar-refractivity contribution is -0.113. The van der Waals surface area contributed by atoms with Crippen molar-refractivity contribution in [2.24, 2.45) is 0 Å². The molecule has 0 aliphatic carbocycles. The van der Waals surface area contributed by atoms with E-state index in [-0.39, 0.29) is 18.5 Å². The van der Waals surface area contributed by atoms with Crippen molar-refractivity contribution in [3.05, 3.63) is 53.6 Å². The van der Waals surface area contributed by atoms with Crippen molar-refractivity contribution in [2.75, 3.05) is 17.9 Å². The molecule has 0 atom stereocenters. The molecule has 0 unspecified atom stereocenters. The van der Waals surface area contributed by atoms with E-state index in [4.69, 9.17) is 14.5 Å². The van der Waals surface area contributed by atoms with E-state index in [9.17, 15) is 4.79 Å². The van der Waals surface area contributed by atoms with Crippen molar-refractivity contribution in [1.82, 2.24) is 4.98 Å². The third kappa shape index (κ3) is 3.32. The molecule has 6 heteroatoms. The standard InChI is InChI=1S/C20H18N2O3S/c1-12-4-3-5-15-13(2)8-19(22-20(12)15)26-10-18(23)21-14-6-7-16-17(9-14)25-11-24-16/h3-9H,10-11H2,1-2H3,(H,21,23). The third-order valence-corrected chi connectivity index (χ3v) is 5.14. The summed E-state index contributed by atoms with van der Waals surface area (Å²) in [7, 11) is 0. The molecule has 26 heavy (non-hydrogen) atoms. The second-order valence-corrected chi connectivity index (χ2v) is 7.15. The molecule has 0 saturated heterocycles. The Morgan fingerprint density at radius 1 is 1.12 bits per heavy atom. The van der Waals surface area contributed by atoms with E-state index >= 15 is 0 Å². The summed E-state index contributed by atoms with van der Waals surface area (Å²) in [6.07, 6.45) is 0. The summed E-state index contributed by atoms with van der Waals surface area (Å²) in [4.78, 5) is 17.0. The first kappa shape index (κ1) is 16.7. The van der Waals surface area contributed by atoms with Crippen LogP contribution in [-0.4, -0.2) is 23.4 Å². The van der Waals surface area contributed by atoms with Crippen LogP contribution in [0, 0.1) is 13.8 Å². The van der Waals surface area contributed by atoms with Crippen molar-refractivity contribution >= 4 is 34.3 Å². The molecule has 3 aromatic rings. The minimum Gasteiger partial charge on any atom is -0.454 e. The number of amides is 1. The van der Waals surface area contributed by atoms with Gasteiger partial charge in [0.1, 0.15) is 0 Å². The number of aromatic nitrogens is 1. The molecule has 132 valence electrons. The molecule has 0 saturated carbocycles. The second kappa shape index (κ2) is 6.88. The highest BCUT2D eigenvalue weighted by Gasteiger charge is 2.14. The SMILES string of the molecule is Cc1cc(SCC(=O)Nc2ccc3c(c2)OCO3)nc2c(C)cccc12. The third-order valence-electron chi connectivity index (χ3n) is 4.23. The van der Waals surface area contributed by atoms with E-state index < -0.39 is 0 Å². The van der Waals surface area contributed by atoms with E-state index in [1.807, 2.05) is 12.1 Å². The van der Waals surface area contributed by atoms with Crippen LogP contribution in [0.1, 0.15) is 11.1 Å². The number of rotatable bonds is 4. The molecular formula is C20H18N2O3S. The van der Waals surface area contributed by atoms with Crippen LogP contribution in [0.5, 0.6) is 11.5 Å². The summed E-state index contributed by atoms with van der Waals surface area (Å²) in [5, 5.41) is 4.89. The summed E-state index contributed by atoms with van der Waals surface area (Å²) in [5.74, 6) is 1.55. The number of nitrogens with one attached hydrogen (secondary N) is 1. The zero-order valence-corrected chi connectivity index (χ0v) is 15.4. The number of carbonyl (C=O) groups is 1. The number of para-hydroxylation sites is 1. The molecule has 1 aliphatic heterocycles. The highest BCUT2D eigenvalue weighted by Crippen LogP contribution is 2.34. The average molecular weight is 366 g/mol. The summed E-state index contributed by atoms with van der Waals surface area (Å²) in [6.45, 7) is 4.34. The molecule has 1 aromatic heterocycles. The fourth-order valence-electron chi connectivity index (χ4n) is 2.92. The lowest BCUT2D eigenvalue weighted by Crippen LogP contribution is -2.14. The molecule has 4 rings (SSSR count). The Morgan fingerprint density at radius 2 is 1.96 bits per heavy atom. The number of nitrogens with zero attached hydrogens (tertiary/aromatic N) is 1. The number of ether oxygens (including phenoxy) is 2. The molecular weight excluding hydrogens is 348 g/mol. The quantitative estimate of drug-likeness (QED) is 0.697. The van der Waals surface area contributed by atoms with Gasteiger partial charge in [0.05, 0.1) is 16.3 Å². The molecule has 0 radical (unpaired) electrons. The van der Waals surface area contributed by atoms with Crippen molar-refractivity contribution in [2.45, 2.75) is 18.9 Å². The van der Waals surface area contributed by atoms with Gasteiger partial charge in [0, 0.05) is 17.1 Å². The number of benzene rings is 2. The van der Waals surface area contributed by atoms with E-state index in [1.54, 1.807) is 18.2 Å². The summed E-state index contributed by atoms with van der Waals surface area (Å²) in [5.41, 5.74) is 3.99. The topological polar surface area (TPSA) is 60.5 Å². The van der Waals surface area contributed by atoms with Gasteiger partial charge in [-0.05, 0) is 43.2 Å². The van der Waals surface area contributed by atoms with Gasteiger partial charge in [-0.3, -0.25) is 4.79 Å². The molecule has 1 amide bonds. The van der Waals surface area contributed by atoms with Crippen molar-refractivity contribution < 1.29 is 14.3 Å². The van der Waals surface area contributed by atoms with E-state index in [1.165, 1.54) is 11.8 Å². The second-order valence-electron chi connectivity index (χ2n) is 6.15. The maximum atomic E-state index is 12.3. The fourth-order valence-corrected chi connectivity index (χ4v) is 3.68. The Labute approximate surface area is 155 Å². The van der Waals surface area contributed by atoms with Crippen molar-refractivity contribution in [3.8, 4) is 11.5 Å². The number of carbonyl (C=O) groups excluding carboxylic acids is 1. The maximum Gasteiger partial charge on any atom is 0.234 e. The Balaban J connectivity index is 1.44. The van der Waals surface area contributed by atoms with Crippen LogP contribution in [0.15, 0.2) is 47.5 Å². The number of pyridine rings is 1. The smallest absolute Gasteiger partial charge is 0.234 e. The summed E-state index contributed by atoms with van der Waals surface area (Å²) >= 11 is 1.43. The Hall–Kier alpha value is -2.73. The van der Waals surface area contributed by atoms with Crippen LogP contribution < -0.4 is 14.8 Å². The number of fused-ring (bicyclic) bond motifs is 2. The average Bonchev–Trinajstić information content (AvgIpc) is 3.09. The van der Waals surface area contributed by atoms with Gasteiger partial charge in [-0.1, -0.05) is 30.0 Å². The number of aryl methyl sites for hydroxylation is 2. The number of hydrogen-bond acceptors (Lipinski definition) is 5. The predicted molar refractivity (Wildman–Crippen MR) is 103 cm³/mol. The normalized spacial score (nSPS) is 12.4. The van der Waals surface area contributed by atoms with Crippen LogP contribution >= 0.6 is 11.8 Å². The number of hydrogen-bond donors (Lipinski definition) is 1. The molecule has 0 fully saturated rings. The predicted octanol–water partition coefficient (Wildman–Crippen LogP) is 4.31. The zero-order chi connectivity index (χ0) is 18.1. The molecule has 2 heterocycles. The molecule has 0 spiro atoms. The van der Waals surface area contributed by atoms with E-state index in [0.717, 1.165) is 27.1 Å². The van der Waals surface area contributed by atoms with E-state index in [2.05, 4.69) is 31.3 Å². The molecule has 0 bridgehead atoms. The lowest BCUT2D eigenvalue weighted by atomic mass is 10.1. The van der Waals surface area contributed by atoms with Gasteiger partial charge in [-0.15, -0.1) is 0 Å². The van der Waals surface area contributed by atoms with Gasteiger partial charge in [0.15, 0.2) is 11.5 Å². The van der Waals surface area contributed by atoms with Crippen LogP contribution in [0.25, 0.3) is 10.9 Å². The van der Waals surface area contributed by atoms with Gasteiger partial charge in [-0.2, -0.15) is 0 Å². The molecule has 1 N–H and O–H groups in total. The van der Waals surface area contributed by atoms with E-state index in [0.29, 0.717) is 17.2 Å². The highest BCUT2D eigenvalue weighted by atomic mass is 32.2. The minimum atomic E-state index is -0.0850. The van der Waals surface area contributed by atoms with Gasteiger partial charge >= 0.3 is 0 Å².